The average Bonchev–Trinajstić information content (AvgIpc) is 2.19. The lowest BCUT2D eigenvalue weighted by atomic mass is 9.85. The van der Waals surface area contributed by atoms with Crippen LogP contribution in [0.4, 0.5) is 5.69 Å². The number of aryl methyl sites for hydroxylation is 1. The highest BCUT2D eigenvalue weighted by Gasteiger charge is 2.17. The van der Waals surface area contributed by atoms with E-state index in [2.05, 4.69) is 30.4 Å². The number of ether oxygens (including phenoxy) is 1. The highest BCUT2D eigenvalue weighted by molar-refractivity contribution is 5.57. The second kappa shape index (κ2) is 5.24. The SMILES string of the molecule is CCOc1cc(C)ccc1NCC1CCC1. The van der Waals surface area contributed by atoms with Gasteiger partial charge in [0.15, 0.2) is 0 Å². The third-order valence-electron chi connectivity index (χ3n) is 3.24. The third-order valence-corrected chi connectivity index (χ3v) is 3.24. The molecule has 0 saturated heterocycles. The highest BCUT2D eigenvalue weighted by atomic mass is 16.5. The van der Waals surface area contributed by atoms with Gasteiger partial charge in [0.25, 0.3) is 0 Å². The van der Waals surface area contributed by atoms with Crippen LogP contribution in [0.3, 0.4) is 0 Å². The molecule has 1 aliphatic rings. The molecule has 0 atom stereocenters. The Kier molecular flexibility index (Phi) is 3.70. The van der Waals surface area contributed by atoms with Crippen molar-refractivity contribution in [3.63, 3.8) is 0 Å². The fourth-order valence-electron chi connectivity index (χ4n) is 2.00. The first-order valence-electron chi connectivity index (χ1n) is 6.27. The summed E-state index contributed by atoms with van der Waals surface area (Å²) < 4.78 is 5.64. The number of nitrogens with one attached hydrogen (secondary N) is 1. The van der Waals surface area contributed by atoms with Gasteiger partial charge in [-0.1, -0.05) is 12.5 Å². The summed E-state index contributed by atoms with van der Waals surface area (Å²) in [5.74, 6) is 1.86. The highest BCUT2D eigenvalue weighted by Crippen LogP contribution is 2.29. The summed E-state index contributed by atoms with van der Waals surface area (Å²) >= 11 is 0. The van der Waals surface area contributed by atoms with Gasteiger partial charge in [0.2, 0.25) is 0 Å². The summed E-state index contributed by atoms with van der Waals surface area (Å²) in [6, 6.07) is 6.36. The number of anilines is 1. The van der Waals surface area contributed by atoms with Crippen molar-refractivity contribution in [1.29, 1.82) is 0 Å². The standard InChI is InChI=1S/C14H21NO/c1-3-16-14-9-11(2)7-8-13(14)15-10-12-5-4-6-12/h7-9,12,15H,3-6,10H2,1-2H3. The minimum absolute atomic E-state index is 0.724. The maximum atomic E-state index is 5.64. The van der Waals surface area contributed by atoms with E-state index in [0.717, 1.165) is 30.5 Å². The fraction of sp³-hybridized carbons (Fsp3) is 0.571. The Labute approximate surface area is 98.0 Å². The van der Waals surface area contributed by atoms with Gasteiger partial charge in [-0.15, -0.1) is 0 Å². The van der Waals surface area contributed by atoms with E-state index in [1.165, 1.54) is 24.8 Å². The Morgan fingerprint density at radius 2 is 2.19 bits per heavy atom. The smallest absolute Gasteiger partial charge is 0.142 e. The van der Waals surface area contributed by atoms with E-state index in [-0.39, 0.29) is 0 Å². The Balaban J connectivity index is 1.99. The molecule has 0 unspecified atom stereocenters. The van der Waals surface area contributed by atoms with Crippen molar-refractivity contribution >= 4 is 5.69 Å². The van der Waals surface area contributed by atoms with Gasteiger partial charge in [-0.2, -0.15) is 0 Å². The Bertz CT molecular complexity index is 345. The van der Waals surface area contributed by atoms with E-state index < -0.39 is 0 Å². The lowest BCUT2D eigenvalue weighted by Gasteiger charge is -2.26. The molecule has 0 aliphatic heterocycles. The van der Waals surface area contributed by atoms with Crippen LogP contribution in [-0.2, 0) is 0 Å². The molecular weight excluding hydrogens is 198 g/mol. The van der Waals surface area contributed by atoms with E-state index in [4.69, 9.17) is 4.74 Å². The normalized spacial score (nSPS) is 15.6. The zero-order valence-electron chi connectivity index (χ0n) is 10.3. The van der Waals surface area contributed by atoms with Crippen LogP contribution in [0.5, 0.6) is 5.75 Å². The van der Waals surface area contributed by atoms with Crippen molar-refractivity contribution in [1.82, 2.24) is 0 Å². The molecule has 1 saturated carbocycles. The Morgan fingerprint density at radius 1 is 1.38 bits per heavy atom. The molecule has 0 radical (unpaired) electrons. The lowest BCUT2D eigenvalue weighted by Crippen LogP contribution is -2.21. The van der Waals surface area contributed by atoms with Crippen LogP contribution >= 0.6 is 0 Å². The van der Waals surface area contributed by atoms with Gasteiger partial charge < -0.3 is 10.1 Å². The fourth-order valence-corrected chi connectivity index (χ4v) is 2.00. The van der Waals surface area contributed by atoms with Crippen molar-refractivity contribution < 1.29 is 4.74 Å². The van der Waals surface area contributed by atoms with Gasteiger partial charge in [0, 0.05) is 6.54 Å². The molecule has 88 valence electrons. The second-order valence-electron chi connectivity index (χ2n) is 4.61. The van der Waals surface area contributed by atoms with Crippen molar-refractivity contribution in [2.45, 2.75) is 33.1 Å². The number of rotatable bonds is 5. The molecular formula is C14H21NO. The van der Waals surface area contributed by atoms with Crippen molar-refractivity contribution in [3.05, 3.63) is 23.8 Å². The zero-order chi connectivity index (χ0) is 11.4. The van der Waals surface area contributed by atoms with Gasteiger partial charge in [-0.05, 0) is 50.3 Å². The zero-order valence-corrected chi connectivity index (χ0v) is 10.3. The van der Waals surface area contributed by atoms with Crippen LogP contribution in [-0.4, -0.2) is 13.2 Å². The maximum absolute atomic E-state index is 5.64. The van der Waals surface area contributed by atoms with Gasteiger partial charge in [0.05, 0.1) is 12.3 Å². The van der Waals surface area contributed by atoms with Crippen molar-refractivity contribution in [3.8, 4) is 5.75 Å². The number of hydrogen-bond acceptors (Lipinski definition) is 2. The predicted molar refractivity (Wildman–Crippen MR) is 68.2 cm³/mol. The largest absolute Gasteiger partial charge is 0.492 e. The van der Waals surface area contributed by atoms with E-state index >= 15 is 0 Å². The van der Waals surface area contributed by atoms with Gasteiger partial charge in [-0.3, -0.25) is 0 Å². The van der Waals surface area contributed by atoms with Gasteiger partial charge >= 0.3 is 0 Å². The molecule has 2 nitrogen and oxygen atoms in total. The number of benzene rings is 1. The second-order valence-corrected chi connectivity index (χ2v) is 4.61. The minimum Gasteiger partial charge on any atom is -0.492 e. The van der Waals surface area contributed by atoms with Crippen LogP contribution in [0.1, 0.15) is 31.7 Å². The first-order chi connectivity index (χ1) is 7.79. The van der Waals surface area contributed by atoms with E-state index in [0.29, 0.717) is 0 Å². The quantitative estimate of drug-likeness (QED) is 0.817. The van der Waals surface area contributed by atoms with Crippen molar-refractivity contribution in [2.24, 2.45) is 5.92 Å². The van der Waals surface area contributed by atoms with Gasteiger partial charge in [-0.25, -0.2) is 0 Å². The monoisotopic (exact) mass is 219 g/mol. The first kappa shape index (κ1) is 11.3. The summed E-state index contributed by atoms with van der Waals surface area (Å²) in [6.07, 6.45) is 4.16. The molecule has 0 heterocycles. The molecule has 1 aromatic rings. The number of hydrogen-bond donors (Lipinski definition) is 1. The van der Waals surface area contributed by atoms with Crippen molar-refractivity contribution in [2.75, 3.05) is 18.5 Å². The average molecular weight is 219 g/mol. The predicted octanol–water partition coefficient (Wildman–Crippen LogP) is 3.61. The van der Waals surface area contributed by atoms with Crippen LogP contribution in [0.2, 0.25) is 0 Å². The molecule has 16 heavy (non-hydrogen) atoms. The molecule has 0 amide bonds. The summed E-state index contributed by atoms with van der Waals surface area (Å²) in [5, 5.41) is 3.50. The minimum atomic E-state index is 0.724. The Morgan fingerprint density at radius 3 is 2.81 bits per heavy atom. The Hall–Kier alpha value is -1.18. The topological polar surface area (TPSA) is 21.3 Å². The molecule has 0 aromatic heterocycles. The molecule has 1 aliphatic carbocycles. The first-order valence-corrected chi connectivity index (χ1v) is 6.27. The molecule has 1 N–H and O–H groups in total. The summed E-state index contributed by atoms with van der Waals surface area (Å²) in [6.45, 7) is 5.93. The van der Waals surface area contributed by atoms with Gasteiger partial charge in [0.1, 0.15) is 5.75 Å². The molecule has 1 fully saturated rings. The van der Waals surface area contributed by atoms with E-state index in [9.17, 15) is 0 Å². The van der Waals surface area contributed by atoms with Crippen LogP contribution in [0.25, 0.3) is 0 Å². The molecule has 2 rings (SSSR count). The molecule has 0 bridgehead atoms. The lowest BCUT2D eigenvalue weighted by molar-refractivity contribution is 0.329. The molecule has 0 spiro atoms. The third kappa shape index (κ3) is 2.69. The summed E-state index contributed by atoms with van der Waals surface area (Å²) in [5.41, 5.74) is 2.39. The van der Waals surface area contributed by atoms with Crippen LogP contribution < -0.4 is 10.1 Å². The maximum Gasteiger partial charge on any atom is 0.142 e. The van der Waals surface area contributed by atoms with Crippen LogP contribution in [0, 0.1) is 12.8 Å². The van der Waals surface area contributed by atoms with E-state index in [1.807, 2.05) is 6.92 Å². The van der Waals surface area contributed by atoms with E-state index in [1.54, 1.807) is 0 Å². The molecule has 1 aromatic carbocycles. The summed E-state index contributed by atoms with van der Waals surface area (Å²) in [4.78, 5) is 0. The summed E-state index contributed by atoms with van der Waals surface area (Å²) in [7, 11) is 0. The molecule has 2 heteroatoms. The van der Waals surface area contributed by atoms with Crippen LogP contribution in [0.15, 0.2) is 18.2 Å².